The molecule has 0 aliphatic carbocycles. The van der Waals surface area contributed by atoms with Gasteiger partial charge in [-0.15, -0.1) is 6.58 Å². The summed E-state index contributed by atoms with van der Waals surface area (Å²) in [6.45, 7) is 15.4. The maximum Gasteiger partial charge on any atom is 0.00297 e. The summed E-state index contributed by atoms with van der Waals surface area (Å²) in [7, 11) is 2.21. The maximum atomic E-state index is 3.96. The first kappa shape index (κ1) is 13.7. The summed E-state index contributed by atoms with van der Waals surface area (Å²) in [5, 5.41) is 0. The van der Waals surface area contributed by atoms with Crippen LogP contribution >= 0.6 is 0 Å². The zero-order valence-electron chi connectivity index (χ0n) is 10.7. The van der Waals surface area contributed by atoms with Crippen molar-refractivity contribution in [3.05, 3.63) is 12.2 Å². The quantitative estimate of drug-likeness (QED) is 0.562. The molecular weight excluding hydrogens is 170 g/mol. The Morgan fingerprint density at radius 1 is 1.36 bits per heavy atom. The topological polar surface area (TPSA) is 3.24 Å². The minimum absolute atomic E-state index is 0.420. The molecule has 0 heterocycles. The third-order valence-corrected chi connectivity index (χ3v) is 2.53. The minimum atomic E-state index is 0.420. The van der Waals surface area contributed by atoms with Crippen LogP contribution in [0.2, 0.25) is 0 Å². The summed E-state index contributed by atoms with van der Waals surface area (Å²) in [4.78, 5) is 2.43. The van der Waals surface area contributed by atoms with Crippen molar-refractivity contribution in [3.8, 4) is 0 Å². The Hall–Kier alpha value is -0.300. The monoisotopic (exact) mass is 197 g/mol. The SMILES string of the molecule is C=C(C)CCC(C)(C)CN(C)CCC. The molecule has 0 aromatic heterocycles. The molecule has 0 amide bonds. The molecule has 0 radical (unpaired) electrons. The van der Waals surface area contributed by atoms with Gasteiger partial charge >= 0.3 is 0 Å². The van der Waals surface area contributed by atoms with E-state index in [1.807, 2.05) is 0 Å². The normalized spacial score (nSPS) is 12.1. The van der Waals surface area contributed by atoms with Gasteiger partial charge in [-0.3, -0.25) is 0 Å². The van der Waals surface area contributed by atoms with Crippen LogP contribution in [-0.2, 0) is 0 Å². The van der Waals surface area contributed by atoms with E-state index in [9.17, 15) is 0 Å². The van der Waals surface area contributed by atoms with E-state index in [1.165, 1.54) is 31.5 Å². The third kappa shape index (κ3) is 7.14. The molecule has 0 aromatic rings. The van der Waals surface area contributed by atoms with Crippen molar-refractivity contribution in [3.63, 3.8) is 0 Å². The Bertz CT molecular complexity index is 170. The van der Waals surface area contributed by atoms with Crippen LogP contribution in [0.15, 0.2) is 12.2 Å². The zero-order chi connectivity index (χ0) is 11.2. The summed E-state index contributed by atoms with van der Waals surface area (Å²) in [5.74, 6) is 0. The Balaban J connectivity index is 3.86. The highest BCUT2D eigenvalue weighted by atomic mass is 15.1. The maximum absolute atomic E-state index is 3.96. The second kappa shape index (κ2) is 6.23. The summed E-state index contributed by atoms with van der Waals surface area (Å²) >= 11 is 0. The third-order valence-electron chi connectivity index (χ3n) is 2.53. The Morgan fingerprint density at radius 2 is 1.93 bits per heavy atom. The molecule has 0 bridgehead atoms. The van der Waals surface area contributed by atoms with Crippen molar-refractivity contribution in [2.24, 2.45) is 5.41 Å². The average Bonchev–Trinajstić information content (AvgIpc) is 2.00. The molecule has 0 rings (SSSR count). The summed E-state index contributed by atoms with van der Waals surface area (Å²) < 4.78 is 0. The van der Waals surface area contributed by atoms with Crippen molar-refractivity contribution < 1.29 is 0 Å². The van der Waals surface area contributed by atoms with E-state index in [4.69, 9.17) is 0 Å². The van der Waals surface area contributed by atoms with Crippen LogP contribution in [-0.4, -0.2) is 25.0 Å². The summed E-state index contributed by atoms with van der Waals surface area (Å²) in [5.41, 5.74) is 1.72. The lowest BCUT2D eigenvalue weighted by Gasteiger charge is -2.30. The number of allylic oxidation sites excluding steroid dienone is 1. The van der Waals surface area contributed by atoms with Crippen molar-refractivity contribution >= 4 is 0 Å². The fraction of sp³-hybridized carbons (Fsp3) is 0.846. The van der Waals surface area contributed by atoms with Crippen molar-refractivity contribution in [2.45, 2.75) is 47.0 Å². The molecule has 0 fully saturated rings. The van der Waals surface area contributed by atoms with Gasteiger partial charge in [0.15, 0.2) is 0 Å². The molecule has 0 unspecified atom stereocenters. The van der Waals surface area contributed by atoms with E-state index in [0.717, 1.165) is 6.42 Å². The Labute approximate surface area is 90.2 Å². The standard InChI is InChI=1S/C13H27N/c1-7-10-14(6)11-13(4,5)9-8-12(2)3/h2,7-11H2,1,3-6H3. The molecule has 14 heavy (non-hydrogen) atoms. The van der Waals surface area contributed by atoms with E-state index in [2.05, 4.69) is 46.2 Å². The molecular formula is C13H27N. The van der Waals surface area contributed by atoms with Crippen molar-refractivity contribution in [1.29, 1.82) is 0 Å². The van der Waals surface area contributed by atoms with Gasteiger partial charge in [0.25, 0.3) is 0 Å². The number of hydrogen-bond acceptors (Lipinski definition) is 1. The van der Waals surface area contributed by atoms with Crippen LogP contribution < -0.4 is 0 Å². The number of rotatable bonds is 7. The van der Waals surface area contributed by atoms with Gasteiger partial charge in [0.05, 0.1) is 0 Å². The van der Waals surface area contributed by atoms with Crippen molar-refractivity contribution in [1.82, 2.24) is 4.90 Å². The van der Waals surface area contributed by atoms with E-state index in [1.54, 1.807) is 0 Å². The van der Waals surface area contributed by atoms with Gasteiger partial charge in [-0.25, -0.2) is 0 Å². The van der Waals surface area contributed by atoms with E-state index in [0.29, 0.717) is 5.41 Å². The van der Waals surface area contributed by atoms with Gasteiger partial charge in [0.2, 0.25) is 0 Å². The molecule has 0 saturated heterocycles. The van der Waals surface area contributed by atoms with E-state index in [-0.39, 0.29) is 0 Å². The van der Waals surface area contributed by atoms with Crippen LogP contribution in [0.5, 0.6) is 0 Å². The molecule has 0 atom stereocenters. The van der Waals surface area contributed by atoms with Crippen LogP contribution in [0.4, 0.5) is 0 Å². The van der Waals surface area contributed by atoms with Gasteiger partial charge in [-0.2, -0.15) is 0 Å². The molecule has 0 spiro atoms. The predicted octanol–water partition coefficient (Wildman–Crippen LogP) is 3.71. The lowest BCUT2D eigenvalue weighted by atomic mass is 9.86. The fourth-order valence-corrected chi connectivity index (χ4v) is 1.82. The lowest BCUT2D eigenvalue weighted by molar-refractivity contribution is 0.198. The van der Waals surface area contributed by atoms with Gasteiger partial charge in [-0.05, 0) is 45.2 Å². The van der Waals surface area contributed by atoms with Crippen LogP contribution in [0, 0.1) is 5.41 Å². The summed E-state index contributed by atoms with van der Waals surface area (Å²) in [6.07, 6.45) is 3.65. The number of hydrogen-bond donors (Lipinski definition) is 0. The minimum Gasteiger partial charge on any atom is -0.306 e. The highest BCUT2D eigenvalue weighted by Gasteiger charge is 2.19. The first-order valence-corrected chi connectivity index (χ1v) is 5.70. The second-order valence-electron chi connectivity index (χ2n) is 5.36. The van der Waals surface area contributed by atoms with Crippen molar-refractivity contribution in [2.75, 3.05) is 20.1 Å². The Kier molecular flexibility index (Phi) is 6.10. The molecule has 0 saturated carbocycles. The van der Waals surface area contributed by atoms with Gasteiger partial charge < -0.3 is 4.90 Å². The first-order chi connectivity index (χ1) is 6.37. The van der Waals surface area contributed by atoms with Gasteiger partial charge in [0, 0.05) is 6.54 Å². The highest BCUT2D eigenvalue weighted by Crippen LogP contribution is 2.25. The largest absolute Gasteiger partial charge is 0.306 e. The molecule has 1 nitrogen and oxygen atoms in total. The molecule has 1 heteroatoms. The van der Waals surface area contributed by atoms with Crippen LogP contribution in [0.25, 0.3) is 0 Å². The molecule has 84 valence electrons. The molecule has 0 aliphatic rings. The lowest BCUT2D eigenvalue weighted by Crippen LogP contribution is -2.31. The smallest absolute Gasteiger partial charge is 0.00297 e. The average molecular weight is 197 g/mol. The highest BCUT2D eigenvalue weighted by molar-refractivity contribution is 4.90. The van der Waals surface area contributed by atoms with E-state index < -0.39 is 0 Å². The van der Waals surface area contributed by atoms with Crippen LogP contribution in [0.1, 0.15) is 47.0 Å². The molecule has 0 N–H and O–H groups in total. The first-order valence-electron chi connectivity index (χ1n) is 5.70. The molecule has 0 aliphatic heterocycles. The zero-order valence-corrected chi connectivity index (χ0v) is 10.7. The predicted molar refractivity (Wildman–Crippen MR) is 65.6 cm³/mol. The van der Waals surface area contributed by atoms with Gasteiger partial charge in [0.1, 0.15) is 0 Å². The second-order valence-corrected chi connectivity index (χ2v) is 5.36. The van der Waals surface area contributed by atoms with Gasteiger partial charge in [-0.1, -0.05) is 26.3 Å². The fourth-order valence-electron chi connectivity index (χ4n) is 1.82. The van der Waals surface area contributed by atoms with Crippen LogP contribution in [0.3, 0.4) is 0 Å². The Morgan fingerprint density at radius 3 is 2.36 bits per heavy atom. The molecule has 0 aromatic carbocycles. The number of nitrogens with zero attached hydrogens (tertiary/aromatic N) is 1. The summed E-state index contributed by atoms with van der Waals surface area (Å²) in [6, 6.07) is 0. The van der Waals surface area contributed by atoms with E-state index >= 15 is 0 Å².